The van der Waals surface area contributed by atoms with E-state index in [0.717, 1.165) is 22.6 Å². The molecule has 0 spiro atoms. The zero-order valence-corrected chi connectivity index (χ0v) is 14.8. The van der Waals surface area contributed by atoms with Gasteiger partial charge in [-0.25, -0.2) is 0 Å². The van der Waals surface area contributed by atoms with E-state index >= 15 is 0 Å². The topological polar surface area (TPSA) is 30.5 Å². The molecule has 3 aromatic carbocycles. The Bertz CT molecular complexity index is 821. The van der Waals surface area contributed by atoms with Gasteiger partial charge in [0, 0.05) is 28.4 Å². The molecule has 0 aliphatic rings. The third-order valence-corrected chi connectivity index (χ3v) is 4.24. The third-order valence-electron chi connectivity index (χ3n) is 3.87. The molecule has 3 nitrogen and oxygen atoms in total. The summed E-state index contributed by atoms with van der Waals surface area (Å²) in [5, 5.41) is 4.10. The number of nitrogens with one attached hydrogen (secondary N) is 1. The van der Waals surface area contributed by atoms with Crippen molar-refractivity contribution in [3.63, 3.8) is 0 Å². The lowest BCUT2D eigenvalue weighted by molar-refractivity contribution is 0.282. The maximum Gasteiger partial charge on any atom is 0.166 e. The fourth-order valence-corrected chi connectivity index (χ4v) is 2.73. The van der Waals surface area contributed by atoms with Crippen molar-refractivity contribution < 1.29 is 9.47 Å². The standard InChI is InChI=1S/C21H20ClNO2/c1-24-20-13-7-9-16(14-23-18-10-3-2-4-11-18)21(20)25-15-17-8-5-6-12-19(17)22/h2-13,23H,14-15H2,1H3. The Morgan fingerprint density at radius 3 is 2.32 bits per heavy atom. The van der Waals surface area contributed by atoms with Crippen molar-refractivity contribution in [2.45, 2.75) is 13.2 Å². The summed E-state index contributed by atoms with van der Waals surface area (Å²) in [5.41, 5.74) is 3.02. The first-order valence-electron chi connectivity index (χ1n) is 8.09. The highest BCUT2D eigenvalue weighted by Gasteiger charge is 2.11. The zero-order chi connectivity index (χ0) is 17.5. The molecule has 0 aliphatic carbocycles. The average Bonchev–Trinajstić information content (AvgIpc) is 2.66. The molecular weight excluding hydrogens is 334 g/mol. The van der Waals surface area contributed by atoms with E-state index in [1.165, 1.54) is 0 Å². The van der Waals surface area contributed by atoms with Crippen LogP contribution < -0.4 is 14.8 Å². The van der Waals surface area contributed by atoms with Gasteiger partial charge in [0.1, 0.15) is 6.61 Å². The molecule has 0 bridgehead atoms. The Morgan fingerprint density at radius 1 is 0.840 bits per heavy atom. The SMILES string of the molecule is COc1cccc(CNc2ccccc2)c1OCc1ccccc1Cl. The van der Waals surface area contributed by atoms with Gasteiger partial charge in [-0.05, 0) is 24.3 Å². The number of anilines is 1. The first-order chi connectivity index (χ1) is 12.3. The lowest BCUT2D eigenvalue weighted by Gasteiger charge is -2.16. The van der Waals surface area contributed by atoms with Gasteiger partial charge in [-0.15, -0.1) is 0 Å². The van der Waals surface area contributed by atoms with Gasteiger partial charge >= 0.3 is 0 Å². The van der Waals surface area contributed by atoms with Gasteiger partial charge < -0.3 is 14.8 Å². The number of hydrogen-bond acceptors (Lipinski definition) is 3. The van der Waals surface area contributed by atoms with E-state index in [9.17, 15) is 0 Å². The van der Waals surface area contributed by atoms with Crippen LogP contribution in [0.3, 0.4) is 0 Å². The Kier molecular flexibility index (Phi) is 5.81. The highest BCUT2D eigenvalue weighted by atomic mass is 35.5. The molecule has 3 rings (SSSR count). The third kappa shape index (κ3) is 4.46. The molecule has 0 amide bonds. The second kappa shape index (κ2) is 8.45. The molecule has 1 N–H and O–H groups in total. The molecule has 0 saturated carbocycles. The smallest absolute Gasteiger partial charge is 0.166 e. The minimum atomic E-state index is 0.387. The number of hydrogen-bond donors (Lipinski definition) is 1. The maximum atomic E-state index is 6.22. The van der Waals surface area contributed by atoms with E-state index in [2.05, 4.69) is 5.32 Å². The van der Waals surface area contributed by atoms with Crippen molar-refractivity contribution in [1.29, 1.82) is 0 Å². The molecule has 0 aromatic heterocycles. The van der Waals surface area contributed by atoms with E-state index < -0.39 is 0 Å². The van der Waals surface area contributed by atoms with Crippen molar-refractivity contribution in [3.05, 3.63) is 88.9 Å². The molecule has 25 heavy (non-hydrogen) atoms. The molecule has 0 heterocycles. The van der Waals surface area contributed by atoms with Crippen LogP contribution >= 0.6 is 11.6 Å². The summed E-state index contributed by atoms with van der Waals surface area (Å²) >= 11 is 6.22. The lowest BCUT2D eigenvalue weighted by atomic mass is 10.1. The second-order valence-corrected chi connectivity index (χ2v) is 5.96. The van der Waals surface area contributed by atoms with Crippen LogP contribution in [0.15, 0.2) is 72.8 Å². The summed E-state index contributed by atoms with van der Waals surface area (Å²) in [5.74, 6) is 1.44. The number of halogens is 1. The van der Waals surface area contributed by atoms with Gasteiger partial charge in [-0.1, -0.05) is 60.1 Å². The number of rotatable bonds is 7. The largest absolute Gasteiger partial charge is 0.493 e. The van der Waals surface area contributed by atoms with Crippen molar-refractivity contribution >= 4 is 17.3 Å². The van der Waals surface area contributed by atoms with Crippen molar-refractivity contribution in [1.82, 2.24) is 0 Å². The lowest BCUT2D eigenvalue weighted by Crippen LogP contribution is -2.05. The van der Waals surface area contributed by atoms with Crippen LogP contribution in [-0.2, 0) is 13.2 Å². The van der Waals surface area contributed by atoms with Crippen LogP contribution in [0, 0.1) is 0 Å². The Labute approximate surface area is 153 Å². The van der Waals surface area contributed by atoms with E-state index in [1.54, 1.807) is 7.11 Å². The summed E-state index contributed by atoms with van der Waals surface area (Å²) in [6, 6.07) is 23.6. The number of methoxy groups -OCH3 is 1. The minimum Gasteiger partial charge on any atom is -0.493 e. The number of benzene rings is 3. The molecule has 0 aliphatic heterocycles. The highest BCUT2D eigenvalue weighted by Crippen LogP contribution is 2.33. The summed E-state index contributed by atoms with van der Waals surface area (Å²) in [6.45, 7) is 1.03. The van der Waals surface area contributed by atoms with Crippen molar-refractivity contribution in [3.8, 4) is 11.5 Å². The van der Waals surface area contributed by atoms with Crippen molar-refractivity contribution in [2.75, 3.05) is 12.4 Å². The monoisotopic (exact) mass is 353 g/mol. The predicted octanol–water partition coefficient (Wildman–Crippen LogP) is 5.54. The highest BCUT2D eigenvalue weighted by molar-refractivity contribution is 6.31. The summed E-state index contributed by atoms with van der Waals surface area (Å²) in [6.07, 6.45) is 0. The van der Waals surface area contributed by atoms with Crippen LogP contribution in [0.4, 0.5) is 5.69 Å². The normalized spacial score (nSPS) is 10.3. The van der Waals surface area contributed by atoms with Crippen LogP contribution in [-0.4, -0.2) is 7.11 Å². The van der Waals surface area contributed by atoms with Gasteiger partial charge in [0.2, 0.25) is 0 Å². The van der Waals surface area contributed by atoms with E-state index in [1.807, 2.05) is 72.8 Å². The molecule has 0 atom stereocenters. The second-order valence-electron chi connectivity index (χ2n) is 5.55. The van der Waals surface area contributed by atoms with Gasteiger partial charge in [0.25, 0.3) is 0 Å². The van der Waals surface area contributed by atoms with Crippen LogP contribution in [0.2, 0.25) is 5.02 Å². The quantitative estimate of drug-likeness (QED) is 0.605. The van der Waals surface area contributed by atoms with Crippen LogP contribution in [0.25, 0.3) is 0 Å². The molecular formula is C21H20ClNO2. The summed E-state index contributed by atoms with van der Waals surface area (Å²) < 4.78 is 11.5. The first-order valence-corrected chi connectivity index (χ1v) is 8.46. The van der Waals surface area contributed by atoms with E-state index in [-0.39, 0.29) is 0 Å². The predicted molar refractivity (Wildman–Crippen MR) is 103 cm³/mol. The molecule has 0 fully saturated rings. The number of para-hydroxylation sites is 2. The molecule has 0 radical (unpaired) electrons. The molecule has 0 unspecified atom stereocenters. The zero-order valence-electron chi connectivity index (χ0n) is 14.0. The van der Waals surface area contributed by atoms with Crippen LogP contribution in [0.5, 0.6) is 11.5 Å². The Morgan fingerprint density at radius 2 is 1.56 bits per heavy atom. The Balaban J connectivity index is 1.78. The minimum absolute atomic E-state index is 0.387. The fourth-order valence-electron chi connectivity index (χ4n) is 2.54. The van der Waals surface area contributed by atoms with E-state index in [0.29, 0.717) is 23.9 Å². The van der Waals surface area contributed by atoms with Crippen LogP contribution in [0.1, 0.15) is 11.1 Å². The van der Waals surface area contributed by atoms with E-state index in [4.69, 9.17) is 21.1 Å². The fraction of sp³-hybridized carbons (Fsp3) is 0.143. The van der Waals surface area contributed by atoms with Crippen molar-refractivity contribution in [2.24, 2.45) is 0 Å². The Hall–Kier alpha value is -2.65. The van der Waals surface area contributed by atoms with Gasteiger partial charge in [-0.2, -0.15) is 0 Å². The molecule has 4 heteroatoms. The first kappa shape index (κ1) is 17.2. The summed E-state index contributed by atoms with van der Waals surface area (Å²) in [7, 11) is 1.64. The van der Waals surface area contributed by atoms with Gasteiger partial charge in [0.05, 0.1) is 7.11 Å². The maximum absolute atomic E-state index is 6.22. The summed E-state index contributed by atoms with van der Waals surface area (Å²) in [4.78, 5) is 0. The molecule has 0 saturated heterocycles. The number of ether oxygens (including phenoxy) is 2. The molecule has 128 valence electrons. The average molecular weight is 354 g/mol. The molecule has 3 aromatic rings. The van der Waals surface area contributed by atoms with Gasteiger partial charge in [0.15, 0.2) is 11.5 Å². The van der Waals surface area contributed by atoms with Gasteiger partial charge in [-0.3, -0.25) is 0 Å².